The number of amides is 1. The molecule has 0 aliphatic rings. The molecule has 0 aliphatic heterocycles. The molecule has 18 heavy (non-hydrogen) atoms. The zero-order valence-electron chi connectivity index (χ0n) is 9.64. The van der Waals surface area contributed by atoms with Crippen molar-refractivity contribution >= 4 is 34.2 Å². The topological polar surface area (TPSA) is 38.3 Å². The van der Waals surface area contributed by atoms with Gasteiger partial charge in [-0.2, -0.15) is 0 Å². The first-order chi connectivity index (χ1) is 8.08. The van der Waals surface area contributed by atoms with Crippen LogP contribution in [0, 0.1) is 0 Å². The van der Waals surface area contributed by atoms with E-state index < -0.39 is 9.78 Å². The third-order valence-corrected chi connectivity index (χ3v) is 2.36. The maximum atomic E-state index is 12.0. The van der Waals surface area contributed by atoms with Crippen molar-refractivity contribution in [2.24, 2.45) is 0 Å². The smallest absolute Gasteiger partial charge is 0.406 e. The molecule has 1 aromatic rings. The standard InChI is InChI=1S/C11H11F3INO2/c1-10(2,15)9(17)16-7-4-3-5-8(6-7)18-11(12,13)14/h3-6H,1-2H3,(H,16,17). The van der Waals surface area contributed by atoms with E-state index in [2.05, 4.69) is 10.1 Å². The van der Waals surface area contributed by atoms with Gasteiger partial charge in [0.2, 0.25) is 5.91 Å². The number of hydrogen-bond donors (Lipinski definition) is 1. The van der Waals surface area contributed by atoms with Crippen LogP contribution in [0.4, 0.5) is 18.9 Å². The second-order valence-corrected chi connectivity index (χ2v) is 6.70. The molecule has 0 atom stereocenters. The van der Waals surface area contributed by atoms with E-state index in [1.807, 2.05) is 22.6 Å². The number of anilines is 1. The molecule has 100 valence electrons. The largest absolute Gasteiger partial charge is 0.573 e. The Morgan fingerprint density at radius 2 is 1.94 bits per heavy atom. The number of carbonyl (C=O) groups excluding carboxylic acids is 1. The molecule has 0 radical (unpaired) electrons. The summed E-state index contributed by atoms with van der Waals surface area (Å²) in [6.07, 6.45) is -4.74. The number of halogens is 4. The Kier molecular flexibility index (Phi) is 4.46. The summed E-state index contributed by atoms with van der Waals surface area (Å²) in [5, 5.41) is 2.51. The van der Waals surface area contributed by atoms with Gasteiger partial charge in [-0.3, -0.25) is 4.79 Å². The minimum absolute atomic E-state index is 0.256. The summed E-state index contributed by atoms with van der Waals surface area (Å²) < 4.78 is 39.1. The van der Waals surface area contributed by atoms with E-state index in [0.29, 0.717) is 0 Å². The molecule has 0 aromatic heterocycles. The molecule has 0 fully saturated rings. The third-order valence-electron chi connectivity index (χ3n) is 1.87. The molecule has 1 N–H and O–H groups in total. The van der Waals surface area contributed by atoms with Crippen LogP contribution in [0.15, 0.2) is 24.3 Å². The molecule has 0 saturated heterocycles. The number of hydrogen-bond acceptors (Lipinski definition) is 2. The van der Waals surface area contributed by atoms with Gasteiger partial charge in [0.1, 0.15) is 5.75 Å². The van der Waals surface area contributed by atoms with Gasteiger partial charge < -0.3 is 10.1 Å². The van der Waals surface area contributed by atoms with Gasteiger partial charge in [-0.05, 0) is 26.0 Å². The molecule has 1 rings (SSSR count). The van der Waals surface area contributed by atoms with Crippen molar-refractivity contribution in [1.29, 1.82) is 0 Å². The average Bonchev–Trinajstić information content (AvgIpc) is 2.13. The predicted octanol–water partition coefficient (Wildman–Crippen LogP) is 3.74. The van der Waals surface area contributed by atoms with Gasteiger partial charge >= 0.3 is 6.36 Å². The van der Waals surface area contributed by atoms with E-state index in [9.17, 15) is 18.0 Å². The molecular weight excluding hydrogens is 362 g/mol. The van der Waals surface area contributed by atoms with Crippen molar-refractivity contribution in [3.8, 4) is 5.75 Å². The van der Waals surface area contributed by atoms with E-state index in [0.717, 1.165) is 6.07 Å². The van der Waals surface area contributed by atoms with Gasteiger partial charge in [0.15, 0.2) is 0 Å². The summed E-state index contributed by atoms with van der Waals surface area (Å²) in [5.74, 6) is -0.668. The second kappa shape index (κ2) is 5.33. The third kappa shape index (κ3) is 5.11. The highest BCUT2D eigenvalue weighted by atomic mass is 127. The average molecular weight is 373 g/mol. The Labute approximate surface area is 116 Å². The zero-order chi connectivity index (χ0) is 14.0. The Balaban J connectivity index is 2.80. The fourth-order valence-corrected chi connectivity index (χ4v) is 1.19. The van der Waals surface area contributed by atoms with Crippen LogP contribution >= 0.6 is 22.6 Å². The maximum Gasteiger partial charge on any atom is 0.573 e. The monoisotopic (exact) mass is 373 g/mol. The first kappa shape index (κ1) is 15.1. The summed E-state index contributed by atoms with van der Waals surface area (Å²) in [6, 6.07) is 5.15. The maximum absolute atomic E-state index is 12.0. The van der Waals surface area contributed by atoms with Crippen molar-refractivity contribution in [2.45, 2.75) is 23.6 Å². The van der Waals surface area contributed by atoms with Crippen LogP contribution in [0.3, 0.4) is 0 Å². The van der Waals surface area contributed by atoms with Crippen LogP contribution in [0.2, 0.25) is 0 Å². The van der Waals surface area contributed by atoms with Gasteiger partial charge in [-0.25, -0.2) is 0 Å². The van der Waals surface area contributed by atoms with Crippen LogP contribution in [0.1, 0.15) is 13.8 Å². The fraction of sp³-hybridized carbons (Fsp3) is 0.364. The lowest BCUT2D eigenvalue weighted by atomic mass is 10.2. The molecule has 3 nitrogen and oxygen atoms in total. The van der Waals surface area contributed by atoms with Crippen LogP contribution in [0.25, 0.3) is 0 Å². The van der Waals surface area contributed by atoms with Crippen molar-refractivity contribution in [3.63, 3.8) is 0 Å². The Hall–Kier alpha value is -0.990. The molecule has 1 aromatic carbocycles. The molecule has 1 amide bonds. The van der Waals surface area contributed by atoms with Crippen molar-refractivity contribution in [3.05, 3.63) is 24.3 Å². The Morgan fingerprint density at radius 3 is 2.44 bits per heavy atom. The van der Waals surface area contributed by atoms with Crippen LogP contribution in [0.5, 0.6) is 5.75 Å². The predicted molar refractivity (Wildman–Crippen MR) is 69.9 cm³/mol. The van der Waals surface area contributed by atoms with Crippen molar-refractivity contribution in [1.82, 2.24) is 0 Å². The van der Waals surface area contributed by atoms with Gasteiger partial charge in [-0.15, -0.1) is 13.2 Å². The van der Waals surface area contributed by atoms with E-state index >= 15 is 0 Å². The van der Waals surface area contributed by atoms with E-state index in [1.54, 1.807) is 13.8 Å². The normalized spacial score (nSPS) is 12.1. The lowest BCUT2D eigenvalue weighted by molar-refractivity contribution is -0.274. The molecule has 7 heteroatoms. The summed E-state index contributed by atoms with van der Waals surface area (Å²) >= 11 is 1.94. The molecule has 0 heterocycles. The van der Waals surface area contributed by atoms with Gasteiger partial charge in [0.05, 0.1) is 3.42 Å². The van der Waals surface area contributed by atoms with Gasteiger partial charge in [-0.1, -0.05) is 28.7 Å². The number of benzene rings is 1. The quantitative estimate of drug-likeness (QED) is 0.648. The van der Waals surface area contributed by atoms with E-state index in [-0.39, 0.29) is 17.3 Å². The molecule has 0 spiro atoms. The highest BCUT2D eigenvalue weighted by molar-refractivity contribution is 14.1. The van der Waals surface area contributed by atoms with Crippen molar-refractivity contribution < 1.29 is 22.7 Å². The minimum atomic E-state index is -4.74. The van der Waals surface area contributed by atoms with Crippen LogP contribution in [-0.2, 0) is 4.79 Å². The zero-order valence-corrected chi connectivity index (χ0v) is 11.8. The number of alkyl halides is 4. The fourth-order valence-electron chi connectivity index (χ4n) is 1.05. The Bertz CT molecular complexity index is 441. The summed E-state index contributed by atoms with van der Waals surface area (Å²) in [5.41, 5.74) is 0.256. The van der Waals surface area contributed by atoms with Gasteiger partial charge in [0, 0.05) is 11.8 Å². The van der Waals surface area contributed by atoms with Crippen LogP contribution in [-0.4, -0.2) is 15.7 Å². The Morgan fingerprint density at radius 1 is 1.33 bits per heavy atom. The SMILES string of the molecule is CC(C)(I)C(=O)Nc1cccc(OC(F)(F)F)c1. The first-order valence-corrected chi connectivity index (χ1v) is 6.02. The molecule has 0 saturated carbocycles. The summed E-state index contributed by atoms with van der Waals surface area (Å²) in [6.45, 7) is 3.39. The lowest BCUT2D eigenvalue weighted by Gasteiger charge is -2.16. The van der Waals surface area contributed by atoms with E-state index in [4.69, 9.17) is 0 Å². The number of nitrogens with one attached hydrogen (secondary N) is 1. The summed E-state index contributed by atoms with van der Waals surface area (Å²) in [7, 11) is 0. The number of ether oxygens (including phenoxy) is 1. The first-order valence-electron chi connectivity index (χ1n) is 4.94. The molecule has 0 bridgehead atoms. The van der Waals surface area contributed by atoms with E-state index in [1.165, 1.54) is 18.2 Å². The molecule has 0 unspecified atom stereocenters. The summed E-state index contributed by atoms with van der Waals surface area (Å²) in [4.78, 5) is 11.6. The van der Waals surface area contributed by atoms with Crippen LogP contribution < -0.4 is 10.1 Å². The minimum Gasteiger partial charge on any atom is -0.406 e. The molecule has 0 aliphatic carbocycles. The number of rotatable bonds is 3. The highest BCUT2D eigenvalue weighted by Crippen LogP contribution is 2.26. The second-order valence-electron chi connectivity index (χ2n) is 4.00. The van der Waals surface area contributed by atoms with Gasteiger partial charge in [0.25, 0.3) is 0 Å². The number of carbonyl (C=O) groups is 1. The van der Waals surface area contributed by atoms with Crippen molar-refractivity contribution in [2.75, 3.05) is 5.32 Å². The highest BCUT2D eigenvalue weighted by Gasteiger charge is 2.31. The lowest BCUT2D eigenvalue weighted by Crippen LogP contribution is -2.30. The molecular formula is C11H11F3INO2.